The molecule has 0 atom stereocenters. The second-order valence-corrected chi connectivity index (χ2v) is 3.11. The SMILES string of the molecule is O=C(O)C1(c2cocn2)CCC1. The van der Waals surface area contributed by atoms with Crippen LogP contribution in [0.5, 0.6) is 0 Å². The number of aromatic nitrogens is 1. The first-order valence-electron chi connectivity index (χ1n) is 3.88. The van der Waals surface area contributed by atoms with Crippen LogP contribution in [0.3, 0.4) is 0 Å². The minimum atomic E-state index is -0.789. The Kier molecular flexibility index (Phi) is 1.43. The van der Waals surface area contributed by atoms with Gasteiger partial charge in [0, 0.05) is 0 Å². The van der Waals surface area contributed by atoms with Crippen molar-refractivity contribution in [1.82, 2.24) is 4.98 Å². The van der Waals surface area contributed by atoms with E-state index in [1.165, 1.54) is 12.7 Å². The number of oxazole rings is 1. The van der Waals surface area contributed by atoms with E-state index in [9.17, 15) is 4.79 Å². The highest BCUT2D eigenvalue weighted by Gasteiger charge is 2.47. The number of hydrogen-bond donors (Lipinski definition) is 1. The van der Waals surface area contributed by atoms with Gasteiger partial charge in [-0.2, -0.15) is 0 Å². The van der Waals surface area contributed by atoms with Crippen molar-refractivity contribution in [2.75, 3.05) is 0 Å². The number of hydrogen-bond acceptors (Lipinski definition) is 3. The zero-order valence-electron chi connectivity index (χ0n) is 6.49. The molecule has 1 N–H and O–H groups in total. The highest BCUT2D eigenvalue weighted by atomic mass is 16.4. The van der Waals surface area contributed by atoms with Gasteiger partial charge in [-0.25, -0.2) is 4.98 Å². The van der Waals surface area contributed by atoms with Crippen LogP contribution in [0.2, 0.25) is 0 Å². The molecule has 0 aromatic carbocycles. The van der Waals surface area contributed by atoms with Crippen LogP contribution in [-0.2, 0) is 10.2 Å². The standard InChI is InChI=1S/C8H9NO3/c10-7(11)8(2-1-3-8)6-4-12-5-9-6/h4-5H,1-3H2,(H,10,11). The van der Waals surface area contributed by atoms with Gasteiger partial charge in [0.05, 0.1) is 5.69 Å². The number of carbonyl (C=O) groups is 1. The van der Waals surface area contributed by atoms with E-state index in [1.54, 1.807) is 0 Å². The lowest BCUT2D eigenvalue weighted by molar-refractivity contribution is -0.147. The maximum absolute atomic E-state index is 10.9. The predicted octanol–water partition coefficient (Wildman–Crippen LogP) is 1.18. The van der Waals surface area contributed by atoms with Crippen molar-refractivity contribution >= 4 is 5.97 Å². The zero-order chi connectivity index (χ0) is 8.60. The molecular formula is C8H9NO3. The molecule has 2 rings (SSSR count). The van der Waals surface area contributed by atoms with E-state index in [0.29, 0.717) is 18.5 Å². The zero-order valence-corrected chi connectivity index (χ0v) is 6.49. The lowest BCUT2D eigenvalue weighted by Crippen LogP contribution is -2.42. The summed E-state index contributed by atoms with van der Waals surface area (Å²) in [5.74, 6) is -0.789. The second kappa shape index (κ2) is 2.33. The number of nitrogens with zero attached hydrogens (tertiary/aromatic N) is 1. The third-order valence-corrected chi connectivity index (χ3v) is 2.54. The van der Waals surface area contributed by atoms with Crippen molar-refractivity contribution in [3.05, 3.63) is 18.4 Å². The van der Waals surface area contributed by atoms with E-state index in [4.69, 9.17) is 9.52 Å². The van der Waals surface area contributed by atoms with Crippen LogP contribution in [0.15, 0.2) is 17.1 Å². The molecule has 0 aliphatic heterocycles. The Labute approximate surface area is 69.2 Å². The highest BCUT2D eigenvalue weighted by molar-refractivity contribution is 5.81. The summed E-state index contributed by atoms with van der Waals surface area (Å²) < 4.78 is 4.77. The largest absolute Gasteiger partial charge is 0.481 e. The first kappa shape index (κ1) is 7.34. The van der Waals surface area contributed by atoms with Crippen molar-refractivity contribution < 1.29 is 14.3 Å². The van der Waals surface area contributed by atoms with Crippen molar-refractivity contribution in [2.45, 2.75) is 24.7 Å². The van der Waals surface area contributed by atoms with Gasteiger partial charge in [0.2, 0.25) is 0 Å². The van der Waals surface area contributed by atoms with Crippen LogP contribution in [0.4, 0.5) is 0 Å². The Balaban J connectivity index is 2.35. The van der Waals surface area contributed by atoms with Crippen molar-refractivity contribution in [3.8, 4) is 0 Å². The fourth-order valence-corrected chi connectivity index (χ4v) is 1.56. The molecule has 1 fully saturated rings. The first-order chi connectivity index (χ1) is 5.76. The van der Waals surface area contributed by atoms with E-state index in [2.05, 4.69) is 4.98 Å². The average molecular weight is 167 g/mol. The van der Waals surface area contributed by atoms with Crippen molar-refractivity contribution in [1.29, 1.82) is 0 Å². The predicted molar refractivity (Wildman–Crippen MR) is 39.7 cm³/mol. The molecule has 0 unspecified atom stereocenters. The summed E-state index contributed by atoms with van der Waals surface area (Å²) in [6, 6.07) is 0. The molecule has 0 saturated heterocycles. The summed E-state index contributed by atoms with van der Waals surface area (Å²) in [4.78, 5) is 14.8. The van der Waals surface area contributed by atoms with E-state index in [0.717, 1.165) is 6.42 Å². The van der Waals surface area contributed by atoms with E-state index < -0.39 is 11.4 Å². The summed E-state index contributed by atoms with van der Waals surface area (Å²) in [6.45, 7) is 0. The minimum absolute atomic E-state index is 0.557. The van der Waals surface area contributed by atoms with Gasteiger partial charge >= 0.3 is 5.97 Å². The van der Waals surface area contributed by atoms with E-state index >= 15 is 0 Å². The van der Waals surface area contributed by atoms with E-state index in [-0.39, 0.29) is 0 Å². The molecular weight excluding hydrogens is 158 g/mol. The molecule has 0 radical (unpaired) electrons. The van der Waals surface area contributed by atoms with Crippen molar-refractivity contribution in [3.63, 3.8) is 0 Å². The topological polar surface area (TPSA) is 63.3 Å². The molecule has 12 heavy (non-hydrogen) atoms. The summed E-state index contributed by atoms with van der Waals surface area (Å²) in [6.07, 6.45) is 5.01. The van der Waals surface area contributed by atoms with Crippen LogP contribution in [0.1, 0.15) is 25.0 Å². The molecule has 4 heteroatoms. The van der Waals surface area contributed by atoms with Gasteiger partial charge in [0.15, 0.2) is 6.39 Å². The summed E-state index contributed by atoms with van der Waals surface area (Å²) in [5.41, 5.74) is -0.186. The molecule has 64 valence electrons. The Morgan fingerprint density at radius 3 is 2.75 bits per heavy atom. The molecule has 0 amide bonds. The third-order valence-electron chi connectivity index (χ3n) is 2.54. The van der Waals surface area contributed by atoms with Gasteiger partial charge in [0.25, 0.3) is 0 Å². The first-order valence-corrected chi connectivity index (χ1v) is 3.88. The summed E-state index contributed by atoms with van der Waals surface area (Å²) >= 11 is 0. The monoisotopic (exact) mass is 167 g/mol. The Morgan fingerprint density at radius 1 is 1.67 bits per heavy atom. The molecule has 1 aromatic heterocycles. The Bertz CT molecular complexity index is 287. The summed E-state index contributed by atoms with van der Waals surface area (Å²) in [5, 5.41) is 8.97. The quantitative estimate of drug-likeness (QED) is 0.718. The van der Waals surface area contributed by atoms with Gasteiger partial charge < -0.3 is 9.52 Å². The van der Waals surface area contributed by atoms with Gasteiger partial charge in [-0.05, 0) is 12.8 Å². The molecule has 0 bridgehead atoms. The number of rotatable bonds is 2. The molecule has 1 aliphatic carbocycles. The number of carboxylic acid groups (broad SMARTS) is 1. The highest BCUT2D eigenvalue weighted by Crippen LogP contribution is 2.42. The van der Waals surface area contributed by atoms with Crippen LogP contribution in [0.25, 0.3) is 0 Å². The molecule has 1 saturated carbocycles. The smallest absolute Gasteiger partial charge is 0.315 e. The molecule has 0 spiro atoms. The fourth-order valence-electron chi connectivity index (χ4n) is 1.56. The van der Waals surface area contributed by atoms with Crippen LogP contribution in [-0.4, -0.2) is 16.1 Å². The maximum Gasteiger partial charge on any atom is 0.315 e. The van der Waals surface area contributed by atoms with Crippen LogP contribution >= 0.6 is 0 Å². The van der Waals surface area contributed by atoms with Crippen LogP contribution < -0.4 is 0 Å². The van der Waals surface area contributed by atoms with Crippen LogP contribution in [0, 0.1) is 0 Å². The molecule has 1 heterocycles. The molecule has 4 nitrogen and oxygen atoms in total. The maximum atomic E-state index is 10.9. The van der Waals surface area contributed by atoms with Gasteiger partial charge in [-0.1, -0.05) is 6.42 Å². The Hall–Kier alpha value is -1.32. The lowest BCUT2D eigenvalue weighted by Gasteiger charge is -2.35. The number of aliphatic carboxylic acids is 1. The minimum Gasteiger partial charge on any atom is -0.481 e. The average Bonchev–Trinajstić information content (AvgIpc) is 2.35. The van der Waals surface area contributed by atoms with E-state index in [1.807, 2.05) is 0 Å². The normalized spacial score (nSPS) is 20.0. The van der Waals surface area contributed by atoms with Gasteiger partial charge in [-0.3, -0.25) is 4.79 Å². The lowest BCUT2D eigenvalue weighted by atomic mass is 9.67. The van der Waals surface area contributed by atoms with Crippen molar-refractivity contribution in [2.24, 2.45) is 0 Å². The van der Waals surface area contributed by atoms with Gasteiger partial charge in [-0.15, -0.1) is 0 Å². The molecule has 1 aromatic rings. The number of carboxylic acids is 1. The Morgan fingerprint density at radius 2 is 2.42 bits per heavy atom. The summed E-state index contributed by atoms with van der Waals surface area (Å²) in [7, 11) is 0. The second-order valence-electron chi connectivity index (χ2n) is 3.11. The third kappa shape index (κ3) is 0.776. The van der Waals surface area contributed by atoms with Gasteiger partial charge in [0.1, 0.15) is 11.7 Å². The fraction of sp³-hybridized carbons (Fsp3) is 0.500. The molecule has 1 aliphatic rings.